The molecule has 18 heavy (non-hydrogen) atoms. The molecule has 0 aliphatic heterocycles. The van der Waals surface area contributed by atoms with E-state index in [0.717, 1.165) is 22.6 Å². The van der Waals surface area contributed by atoms with E-state index in [4.69, 9.17) is 12.2 Å². The van der Waals surface area contributed by atoms with Gasteiger partial charge >= 0.3 is 0 Å². The molecule has 0 spiro atoms. The molecule has 0 unspecified atom stereocenters. The number of aryl methyl sites for hydroxylation is 1. The van der Waals surface area contributed by atoms with Gasteiger partial charge < -0.3 is 4.98 Å². The van der Waals surface area contributed by atoms with Crippen molar-refractivity contribution >= 4 is 12.2 Å². The normalized spacial score (nSPS) is 11.6. The third kappa shape index (κ3) is 2.64. The molecule has 1 N–H and O–H groups in total. The highest BCUT2D eigenvalue weighted by Crippen LogP contribution is 2.24. The van der Waals surface area contributed by atoms with Crippen LogP contribution in [0.25, 0.3) is 11.4 Å². The Kier molecular flexibility index (Phi) is 3.30. The lowest BCUT2D eigenvalue weighted by Gasteiger charge is -2.19. The first kappa shape index (κ1) is 12.9. The van der Waals surface area contributed by atoms with Crippen molar-refractivity contribution in [3.8, 4) is 11.4 Å². The van der Waals surface area contributed by atoms with Crippen LogP contribution in [0.3, 0.4) is 0 Å². The third-order valence-corrected chi connectivity index (χ3v) is 3.04. The summed E-state index contributed by atoms with van der Waals surface area (Å²) in [5.74, 6) is 0.812. The van der Waals surface area contributed by atoms with Crippen LogP contribution in [0.5, 0.6) is 0 Å². The average molecular weight is 259 g/mol. The van der Waals surface area contributed by atoms with Crippen molar-refractivity contribution in [2.75, 3.05) is 0 Å². The van der Waals surface area contributed by atoms with Gasteiger partial charge in [-0.3, -0.25) is 4.98 Å². The van der Waals surface area contributed by atoms with Crippen LogP contribution in [-0.2, 0) is 5.41 Å². The molecular weight excluding hydrogens is 242 g/mol. The summed E-state index contributed by atoms with van der Waals surface area (Å²) in [4.78, 5) is 11.9. The molecule has 0 radical (unpaired) electrons. The SMILES string of the molecule is Cc1cnccc1-c1nc(=S)cc(C(C)(C)C)[nH]1. The Morgan fingerprint density at radius 2 is 2.00 bits per heavy atom. The van der Waals surface area contributed by atoms with Gasteiger partial charge in [-0.1, -0.05) is 33.0 Å². The minimum Gasteiger partial charge on any atom is -0.343 e. The van der Waals surface area contributed by atoms with Crippen molar-refractivity contribution in [3.05, 3.63) is 40.4 Å². The minimum atomic E-state index is 0.0200. The second-order valence-corrected chi connectivity index (χ2v) is 5.84. The maximum atomic E-state index is 5.25. The van der Waals surface area contributed by atoms with Crippen LogP contribution in [-0.4, -0.2) is 15.0 Å². The molecule has 2 aromatic rings. The fourth-order valence-electron chi connectivity index (χ4n) is 1.73. The summed E-state index contributed by atoms with van der Waals surface area (Å²) in [6, 6.07) is 3.88. The van der Waals surface area contributed by atoms with Crippen LogP contribution in [0.1, 0.15) is 32.0 Å². The standard InChI is InChI=1S/C14H17N3S/c1-9-8-15-6-5-10(9)13-16-11(14(2,3)4)7-12(18)17-13/h5-8H,1-4H3,(H,16,17,18). The van der Waals surface area contributed by atoms with E-state index in [1.54, 1.807) is 6.20 Å². The largest absolute Gasteiger partial charge is 0.343 e. The lowest BCUT2D eigenvalue weighted by atomic mass is 9.92. The van der Waals surface area contributed by atoms with Crippen LogP contribution in [0, 0.1) is 11.6 Å². The van der Waals surface area contributed by atoms with Gasteiger partial charge in [0.1, 0.15) is 10.5 Å². The number of hydrogen-bond donors (Lipinski definition) is 1. The van der Waals surface area contributed by atoms with E-state index in [9.17, 15) is 0 Å². The number of aromatic amines is 1. The highest BCUT2D eigenvalue weighted by atomic mass is 32.1. The summed E-state index contributed by atoms with van der Waals surface area (Å²) < 4.78 is 0.616. The molecule has 4 heteroatoms. The maximum absolute atomic E-state index is 5.25. The van der Waals surface area contributed by atoms with Crippen LogP contribution in [0.15, 0.2) is 24.5 Å². The molecule has 0 amide bonds. The first-order valence-corrected chi connectivity index (χ1v) is 6.31. The van der Waals surface area contributed by atoms with Crippen molar-refractivity contribution in [1.82, 2.24) is 15.0 Å². The second kappa shape index (κ2) is 4.61. The first-order valence-electron chi connectivity index (χ1n) is 5.91. The number of rotatable bonds is 1. The maximum Gasteiger partial charge on any atom is 0.139 e. The third-order valence-electron chi connectivity index (χ3n) is 2.83. The van der Waals surface area contributed by atoms with E-state index >= 15 is 0 Å². The Balaban J connectivity index is 2.63. The molecule has 0 aromatic carbocycles. The Bertz CT molecular complexity index is 623. The van der Waals surface area contributed by atoms with Gasteiger partial charge in [-0.05, 0) is 24.6 Å². The smallest absolute Gasteiger partial charge is 0.139 e. The fraction of sp³-hybridized carbons (Fsp3) is 0.357. The summed E-state index contributed by atoms with van der Waals surface area (Å²) in [5, 5.41) is 0. The zero-order valence-electron chi connectivity index (χ0n) is 11.1. The average Bonchev–Trinajstić information content (AvgIpc) is 2.27. The molecule has 94 valence electrons. The highest BCUT2D eigenvalue weighted by molar-refractivity contribution is 7.71. The van der Waals surface area contributed by atoms with Gasteiger partial charge in [0.05, 0.1) is 0 Å². The summed E-state index contributed by atoms with van der Waals surface area (Å²) >= 11 is 5.25. The predicted octanol–water partition coefficient (Wildman–Crippen LogP) is 3.81. The first-order chi connectivity index (χ1) is 8.38. The molecule has 0 atom stereocenters. The number of nitrogens with one attached hydrogen (secondary N) is 1. The Morgan fingerprint density at radius 1 is 1.28 bits per heavy atom. The van der Waals surface area contributed by atoms with Crippen molar-refractivity contribution in [2.45, 2.75) is 33.1 Å². The van der Waals surface area contributed by atoms with E-state index in [2.05, 4.69) is 35.7 Å². The highest BCUT2D eigenvalue weighted by Gasteiger charge is 2.16. The molecule has 0 saturated carbocycles. The van der Waals surface area contributed by atoms with Gasteiger partial charge in [-0.25, -0.2) is 4.98 Å². The molecule has 2 rings (SSSR count). The van der Waals surface area contributed by atoms with E-state index in [1.807, 2.05) is 25.3 Å². The molecule has 0 aliphatic rings. The number of H-pyrrole nitrogens is 1. The molecule has 2 aromatic heterocycles. The zero-order chi connectivity index (χ0) is 13.3. The molecule has 0 fully saturated rings. The second-order valence-electron chi connectivity index (χ2n) is 5.42. The predicted molar refractivity (Wildman–Crippen MR) is 76.1 cm³/mol. The van der Waals surface area contributed by atoms with Crippen molar-refractivity contribution in [2.24, 2.45) is 0 Å². The molecule has 0 aliphatic carbocycles. The van der Waals surface area contributed by atoms with Gasteiger partial charge in [-0.15, -0.1) is 0 Å². The van der Waals surface area contributed by atoms with E-state index in [0.29, 0.717) is 4.64 Å². The molecule has 0 saturated heterocycles. The lowest BCUT2D eigenvalue weighted by molar-refractivity contribution is 0.567. The van der Waals surface area contributed by atoms with Crippen LogP contribution < -0.4 is 0 Å². The number of aromatic nitrogens is 3. The van der Waals surface area contributed by atoms with Gasteiger partial charge in [0.15, 0.2) is 0 Å². The number of hydrogen-bond acceptors (Lipinski definition) is 3. The molecular formula is C14H17N3S. The minimum absolute atomic E-state index is 0.0200. The Hall–Kier alpha value is -1.55. The zero-order valence-corrected chi connectivity index (χ0v) is 11.9. The van der Waals surface area contributed by atoms with E-state index in [-0.39, 0.29) is 5.41 Å². The lowest BCUT2D eigenvalue weighted by Crippen LogP contribution is -2.14. The number of pyridine rings is 1. The van der Waals surface area contributed by atoms with Gasteiger partial charge in [0.25, 0.3) is 0 Å². The van der Waals surface area contributed by atoms with Gasteiger partial charge in [-0.2, -0.15) is 0 Å². The van der Waals surface area contributed by atoms with Crippen molar-refractivity contribution in [3.63, 3.8) is 0 Å². The summed E-state index contributed by atoms with van der Waals surface area (Å²) in [7, 11) is 0. The summed E-state index contributed by atoms with van der Waals surface area (Å²) in [5.41, 5.74) is 3.24. The molecule has 3 nitrogen and oxygen atoms in total. The summed E-state index contributed by atoms with van der Waals surface area (Å²) in [6.45, 7) is 8.47. The fourth-order valence-corrected chi connectivity index (χ4v) is 1.94. The van der Waals surface area contributed by atoms with Gasteiger partial charge in [0, 0.05) is 29.1 Å². The quantitative estimate of drug-likeness (QED) is 0.792. The topological polar surface area (TPSA) is 41.6 Å². The Labute approximate surface area is 112 Å². The van der Waals surface area contributed by atoms with Gasteiger partial charge in [0.2, 0.25) is 0 Å². The number of nitrogens with zero attached hydrogens (tertiary/aromatic N) is 2. The molecule has 0 bridgehead atoms. The van der Waals surface area contributed by atoms with Crippen molar-refractivity contribution < 1.29 is 0 Å². The summed E-state index contributed by atoms with van der Waals surface area (Å²) in [6.07, 6.45) is 3.60. The van der Waals surface area contributed by atoms with Crippen LogP contribution in [0.4, 0.5) is 0 Å². The monoisotopic (exact) mass is 259 g/mol. The van der Waals surface area contributed by atoms with E-state index < -0.39 is 0 Å². The van der Waals surface area contributed by atoms with Crippen LogP contribution in [0.2, 0.25) is 0 Å². The van der Waals surface area contributed by atoms with Crippen molar-refractivity contribution in [1.29, 1.82) is 0 Å². The van der Waals surface area contributed by atoms with E-state index in [1.165, 1.54) is 0 Å². The molecule has 2 heterocycles. The Morgan fingerprint density at radius 3 is 2.61 bits per heavy atom. The van der Waals surface area contributed by atoms with Crippen LogP contribution >= 0.6 is 12.2 Å².